The van der Waals surface area contributed by atoms with E-state index in [0.717, 1.165) is 41.7 Å². The number of thiophene rings is 1. The van der Waals surface area contributed by atoms with Crippen molar-refractivity contribution in [3.05, 3.63) is 15.4 Å². The minimum absolute atomic E-state index is 0.421. The number of hydrogen-bond donors (Lipinski definition) is 1. The van der Waals surface area contributed by atoms with Crippen LogP contribution in [-0.2, 0) is 10.0 Å². The van der Waals surface area contributed by atoms with E-state index in [4.69, 9.17) is 0 Å². The van der Waals surface area contributed by atoms with Gasteiger partial charge in [0.1, 0.15) is 4.21 Å². The van der Waals surface area contributed by atoms with Crippen molar-refractivity contribution in [2.75, 3.05) is 26.2 Å². The Morgan fingerprint density at radius 3 is 2.90 bits per heavy atom. The molecule has 0 radical (unpaired) electrons. The summed E-state index contributed by atoms with van der Waals surface area (Å²) in [4.78, 5) is 0. The Morgan fingerprint density at radius 1 is 1.52 bits per heavy atom. The maximum atomic E-state index is 12.7. The highest BCUT2D eigenvalue weighted by Gasteiger charge is 2.31. The van der Waals surface area contributed by atoms with Gasteiger partial charge in [0.25, 0.3) is 10.0 Å². The Balaban J connectivity index is 2.05. The van der Waals surface area contributed by atoms with E-state index in [-0.39, 0.29) is 0 Å². The highest BCUT2D eigenvalue weighted by atomic mass is 79.9. The summed E-state index contributed by atoms with van der Waals surface area (Å²) in [5.74, 6) is 0.421. The van der Waals surface area contributed by atoms with Gasteiger partial charge in [-0.05, 0) is 72.8 Å². The number of rotatable bonds is 6. The lowest BCUT2D eigenvalue weighted by molar-refractivity contribution is 0.261. The Morgan fingerprint density at radius 2 is 2.29 bits per heavy atom. The Hall–Kier alpha value is 0.0500. The molecule has 1 unspecified atom stereocenters. The normalized spacial score (nSPS) is 20.8. The molecule has 1 N–H and O–H groups in total. The van der Waals surface area contributed by atoms with Crippen LogP contribution in [-0.4, -0.2) is 38.9 Å². The summed E-state index contributed by atoms with van der Waals surface area (Å²) >= 11 is 4.72. The molecule has 0 aromatic carbocycles. The second kappa shape index (κ2) is 7.55. The van der Waals surface area contributed by atoms with E-state index in [1.807, 2.05) is 6.92 Å². The summed E-state index contributed by atoms with van der Waals surface area (Å²) in [7, 11) is -3.33. The molecule has 2 heterocycles. The van der Waals surface area contributed by atoms with Crippen LogP contribution in [0.15, 0.2) is 14.1 Å². The van der Waals surface area contributed by atoms with E-state index < -0.39 is 10.0 Å². The molecule has 1 aromatic rings. The van der Waals surface area contributed by atoms with E-state index in [1.165, 1.54) is 11.3 Å². The molecule has 1 aliphatic rings. The highest BCUT2D eigenvalue weighted by molar-refractivity contribution is 9.11. The van der Waals surface area contributed by atoms with Crippen molar-refractivity contribution >= 4 is 37.3 Å². The number of piperidine rings is 1. The second-order valence-corrected chi connectivity index (χ2v) is 10.1. The van der Waals surface area contributed by atoms with Crippen molar-refractivity contribution in [3.63, 3.8) is 0 Å². The number of nitrogens with one attached hydrogen (secondary N) is 1. The third-order valence-electron chi connectivity index (χ3n) is 3.77. The number of halogens is 1. The fourth-order valence-corrected chi connectivity index (χ4v) is 6.52. The number of hydrogen-bond acceptors (Lipinski definition) is 4. The van der Waals surface area contributed by atoms with Crippen molar-refractivity contribution in [1.82, 2.24) is 9.62 Å². The van der Waals surface area contributed by atoms with Gasteiger partial charge in [-0.15, -0.1) is 11.3 Å². The van der Waals surface area contributed by atoms with Crippen molar-refractivity contribution < 1.29 is 8.42 Å². The molecule has 0 amide bonds. The fraction of sp³-hybridized carbons (Fsp3) is 0.714. The molecule has 4 nitrogen and oxygen atoms in total. The van der Waals surface area contributed by atoms with Gasteiger partial charge in [-0.1, -0.05) is 6.92 Å². The molecule has 1 fully saturated rings. The first-order valence-electron chi connectivity index (χ1n) is 7.42. The zero-order chi connectivity index (χ0) is 15.5. The largest absolute Gasteiger partial charge is 0.316 e. The maximum Gasteiger partial charge on any atom is 0.252 e. The number of aryl methyl sites for hydroxylation is 1. The van der Waals surface area contributed by atoms with Gasteiger partial charge in [0.15, 0.2) is 0 Å². The van der Waals surface area contributed by atoms with Crippen LogP contribution < -0.4 is 5.32 Å². The summed E-state index contributed by atoms with van der Waals surface area (Å²) in [6.45, 7) is 7.25. The highest BCUT2D eigenvalue weighted by Crippen LogP contribution is 2.33. The topological polar surface area (TPSA) is 49.4 Å². The maximum absolute atomic E-state index is 12.7. The van der Waals surface area contributed by atoms with E-state index in [1.54, 1.807) is 10.4 Å². The molecule has 120 valence electrons. The SMILES string of the molecule is CCCNCC1CCCN(S(=O)(=O)c2cc(C)c(Br)s2)C1. The molecular formula is C14H23BrN2O2S2. The van der Waals surface area contributed by atoms with Crippen LogP contribution in [0.3, 0.4) is 0 Å². The lowest BCUT2D eigenvalue weighted by Gasteiger charge is -2.31. The molecule has 0 spiro atoms. The first kappa shape index (κ1) is 17.4. The average Bonchev–Trinajstić information content (AvgIpc) is 2.80. The molecule has 0 bridgehead atoms. The van der Waals surface area contributed by atoms with Gasteiger partial charge in [-0.25, -0.2) is 8.42 Å². The van der Waals surface area contributed by atoms with E-state index in [2.05, 4.69) is 28.2 Å². The van der Waals surface area contributed by atoms with E-state index in [0.29, 0.717) is 23.2 Å². The van der Waals surface area contributed by atoms with Crippen LogP contribution in [0, 0.1) is 12.8 Å². The average molecular weight is 395 g/mol. The number of sulfonamides is 1. The molecular weight excluding hydrogens is 372 g/mol. The molecule has 1 aromatic heterocycles. The molecule has 0 saturated carbocycles. The van der Waals surface area contributed by atoms with Gasteiger partial charge in [0.2, 0.25) is 0 Å². The van der Waals surface area contributed by atoms with Crippen molar-refractivity contribution in [3.8, 4) is 0 Å². The summed E-state index contributed by atoms with van der Waals surface area (Å²) in [6, 6.07) is 1.77. The summed E-state index contributed by atoms with van der Waals surface area (Å²) < 4.78 is 28.5. The summed E-state index contributed by atoms with van der Waals surface area (Å²) in [6.07, 6.45) is 3.16. The van der Waals surface area contributed by atoms with Crippen LogP contribution in [0.1, 0.15) is 31.7 Å². The van der Waals surface area contributed by atoms with Crippen LogP contribution in [0.2, 0.25) is 0 Å². The van der Waals surface area contributed by atoms with Crippen LogP contribution in [0.25, 0.3) is 0 Å². The van der Waals surface area contributed by atoms with Crippen molar-refractivity contribution in [1.29, 1.82) is 0 Å². The lowest BCUT2D eigenvalue weighted by Crippen LogP contribution is -2.42. The smallest absolute Gasteiger partial charge is 0.252 e. The second-order valence-electron chi connectivity index (χ2n) is 5.60. The molecule has 7 heteroatoms. The van der Waals surface area contributed by atoms with Gasteiger partial charge in [-0.2, -0.15) is 4.31 Å². The quantitative estimate of drug-likeness (QED) is 0.753. The minimum atomic E-state index is -3.33. The molecule has 0 aliphatic carbocycles. The van der Waals surface area contributed by atoms with Crippen molar-refractivity contribution in [2.45, 2.75) is 37.3 Å². The standard InChI is InChI=1S/C14H23BrN2O2S2/c1-3-6-16-9-12-5-4-7-17(10-12)21(18,19)13-8-11(2)14(15)20-13/h8,12,16H,3-7,9-10H2,1-2H3. The third-order valence-corrected chi connectivity index (χ3v) is 8.22. The van der Waals surface area contributed by atoms with Gasteiger partial charge in [-0.3, -0.25) is 0 Å². The lowest BCUT2D eigenvalue weighted by atomic mass is 10.00. The van der Waals surface area contributed by atoms with E-state index in [9.17, 15) is 8.42 Å². The Bertz CT molecular complexity index is 552. The molecule has 1 aliphatic heterocycles. The van der Waals surface area contributed by atoms with Crippen LogP contribution in [0.5, 0.6) is 0 Å². The Labute approximate surface area is 140 Å². The molecule has 21 heavy (non-hydrogen) atoms. The van der Waals surface area contributed by atoms with Gasteiger partial charge in [0.05, 0.1) is 3.79 Å². The fourth-order valence-electron chi connectivity index (χ4n) is 2.58. The monoisotopic (exact) mass is 394 g/mol. The summed E-state index contributed by atoms with van der Waals surface area (Å²) in [5, 5.41) is 3.40. The predicted octanol–water partition coefficient (Wildman–Crippen LogP) is 3.22. The first-order chi connectivity index (χ1) is 9.95. The summed E-state index contributed by atoms with van der Waals surface area (Å²) in [5.41, 5.74) is 0.983. The van der Waals surface area contributed by atoms with Crippen LogP contribution in [0.4, 0.5) is 0 Å². The van der Waals surface area contributed by atoms with Crippen LogP contribution >= 0.6 is 27.3 Å². The first-order valence-corrected chi connectivity index (χ1v) is 10.5. The van der Waals surface area contributed by atoms with E-state index >= 15 is 0 Å². The minimum Gasteiger partial charge on any atom is -0.316 e. The predicted molar refractivity (Wildman–Crippen MR) is 91.4 cm³/mol. The van der Waals surface area contributed by atoms with Crippen molar-refractivity contribution in [2.24, 2.45) is 5.92 Å². The third kappa shape index (κ3) is 4.28. The Kier molecular flexibility index (Phi) is 6.25. The van der Waals surface area contributed by atoms with Gasteiger partial charge >= 0.3 is 0 Å². The number of nitrogens with zero attached hydrogens (tertiary/aromatic N) is 1. The zero-order valence-corrected chi connectivity index (χ0v) is 15.8. The van der Waals surface area contributed by atoms with Gasteiger partial charge in [0, 0.05) is 13.1 Å². The molecule has 1 atom stereocenters. The van der Waals surface area contributed by atoms with Gasteiger partial charge < -0.3 is 5.32 Å². The molecule has 2 rings (SSSR count). The molecule has 1 saturated heterocycles. The zero-order valence-electron chi connectivity index (χ0n) is 12.6.